The summed E-state index contributed by atoms with van der Waals surface area (Å²) in [5, 5.41) is 4.34. The van der Waals surface area contributed by atoms with E-state index in [1.165, 1.54) is 10.4 Å². The minimum absolute atomic E-state index is 0.300. The predicted octanol–water partition coefficient (Wildman–Crippen LogP) is 4.00. The van der Waals surface area contributed by atoms with Gasteiger partial charge < -0.3 is 5.32 Å². The minimum atomic E-state index is 0.300. The molecule has 1 aromatic heterocycles. The van der Waals surface area contributed by atoms with Gasteiger partial charge in [0.15, 0.2) is 0 Å². The monoisotopic (exact) mass is 280 g/mol. The summed E-state index contributed by atoms with van der Waals surface area (Å²) in [4.78, 5) is 5.41. The van der Waals surface area contributed by atoms with Crippen molar-refractivity contribution >= 4 is 22.9 Å². The van der Waals surface area contributed by atoms with Crippen LogP contribution in [0.3, 0.4) is 0 Å². The Bertz CT molecular complexity index is 497. The second kappa shape index (κ2) is 6.32. The molecule has 1 unspecified atom stereocenters. The summed E-state index contributed by atoms with van der Waals surface area (Å²) >= 11 is 7.90. The van der Waals surface area contributed by atoms with Gasteiger partial charge in [-0.25, -0.2) is 0 Å². The van der Waals surface area contributed by atoms with Gasteiger partial charge in [0.1, 0.15) is 0 Å². The van der Waals surface area contributed by atoms with Gasteiger partial charge >= 0.3 is 0 Å². The van der Waals surface area contributed by atoms with Crippen molar-refractivity contribution in [2.75, 3.05) is 6.54 Å². The van der Waals surface area contributed by atoms with E-state index in [4.69, 9.17) is 11.6 Å². The maximum absolute atomic E-state index is 6.20. The molecule has 0 radical (unpaired) electrons. The first-order chi connectivity index (χ1) is 8.70. The quantitative estimate of drug-likeness (QED) is 0.895. The molecule has 0 aliphatic rings. The molecule has 0 saturated heterocycles. The van der Waals surface area contributed by atoms with Gasteiger partial charge in [-0.05, 0) is 30.7 Å². The molecule has 1 heterocycles. The summed E-state index contributed by atoms with van der Waals surface area (Å²) in [5.41, 5.74) is 4.23. The Morgan fingerprint density at radius 3 is 2.89 bits per heavy atom. The van der Waals surface area contributed by atoms with Gasteiger partial charge in [0.2, 0.25) is 0 Å². The highest BCUT2D eigenvalue weighted by atomic mass is 35.5. The van der Waals surface area contributed by atoms with E-state index >= 15 is 0 Å². The molecule has 1 N–H and O–H groups in total. The number of nitrogens with one attached hydrogen (secondary N) is 1. The van der Waals surface area contributed by atoms with Gasteiger partial charge in [-0.2, -0.15) is 0 Å². The molecule has 96 valence electrons. The number of nitrogens with zero attached hydrogens (tertiary/aromatic N) is 1. The maximum Gasteiger partial charge on any atom is 0.0794 e. The molecule has 0 saturated carbocycles. The van der Waals surface area contributed by atoms with Crippen LogP contribution >= 0.6 is 22.9 Å². The Kier molecular flexibility index (Phi) is 4.75. The smallest absolute Gasteiger partial charge is 0.0794 e. The van der Waals surface area contributed by atoms with Crippen LogP contribution in [-0.2, 0) is 6.42 Å². The van der Waals surface area contributed by atoms with Crippen molar-refractivity contribution in [2.45, 2.75) is 26.3 Å². The van der Waals surface area contributed by atoms with E-state index in [0.717, 1.165) is 23.6 Å². The number of aromatic nitrogens is 1. The first kappa shape index (κ1) is 13.5. The van der Waals surface area contributed by atoms with Gasteiger partial charge in [0.25, 0.3) is 0 Å². The molecular formula is C14H17ClN2S. The highest BCUT2D eigenvalue weighted by Crippen LogP contribution is 2.24. The van der Waals surface area contributed by atoms with Crippen LogP contribution < -0.4 is 5.32 Å². The van der Waals surface area contributed by atoms with E-state index in [0.29, 0.717) is 6.04 Å². The van der Waals surface area contributed by atoms with Crippen molar-refractivity contribution in [3.63, 3.8) is 0 Å². The lowest BCUT2D eigenvalue weighted by Crippen LogP contribution is -2.22. The fourth-order valence-corrected chi connectivity index (χ4v) is 2.75. The van der Waals surface area contributed by atoms with E-state index in [9.17, 15) is 0 Å². The van der Waals surface area contributed by atoms with Crippen molar-refractivity contribution in [1.29, 1.82) is 0 Å². The number of hydrogen-bond acceptors (Lipinski definition) is 3. The Morgan fingerprint density at radius 1 is 1.44 bits per heavy atom. The zero-order chi connectivity index (χ0) is 13.0. The van der Waals surface area contributed by atoms with E-state index in [1.54, 1.807) is 11.3 Å². The maximum atomic E-state index is 6.20. The van der Waals surface area contributed by atoms with Gasteiger partial charge in [-0.15, -0.1) is 11.3 Å². The lowest BCUT2D eigenvalue weighted by molar-refractivity contribution is 0.553. The fourth-order valence-electron chi connectivity index (χ4n) is 1.92. The van der Waals surface area contributed by atoms with E-state index in [-0.39, 0.29) is 0 Å². The molecule has 2 rings (SSSR count). The Labute approximate surface area is 117 Å². The Morgan fingerprint density at radius 2 is 2.28 bits per heavy atom. The average molecular weight is 281 g/mol. The minimum Gasteiger partial charge on any atom is -0.310 e. The first-order valence-corrected chi connectivity index (χ1v) is 7.33. The number of halogens is 1. The summed E-state index contributed by atoms with van der Waals surface area (Å²) in [6.45, 7) is 5.09. The summed E-state index contributed by atoms with van der Waals surface area (Å²) in [6, 6.07) is 6.59. The standard InChI is InChI=1S/C14H17ClN2S/c1-3-17-14(7-12-8-16-9-18-12)11-5-4-10(2)13(15)6-11/h4-6,8-9,14,17H,3,7H2,1-2H3. The molecule has 1 aromatic carbocycles. The fraction of sp³-hybridized carbons (Fsp3) is 0.357. The van der Waals surface area contributed by atoms with Crippen LogP contribution in [0.25, 0.3) is 0 Å². The molecule has 0 spiro atoms. The van der Waals surface area contributed by atoms with Crippen molar-refractivity contribution < 1.29 is 0 Å². The number of rotatable bonds is 5. The van der Waals surface area contributed by atoms with E-state index < -0.39 is 0 Å². The number of aryl methyl sites for hydroxylation is 1. The predicted molar refractivity (Wildman–Crippen MR) is 78.4 cm³/mol. The van der Waals surface area contributed by atoms with E-state index in [1.807, 2.05) is 18.6 Å². The van der Waals surface area contributed by atoms with Gasteiger partial charge in [-0.3, -0.25) is 4.98 Å². The van der Waals surface area contributed by atoms with Gasteiger partial charge in [-0.1, -0.05) is 30.7 Å². The Hall–Kier alpha value is -0.900. The van der Waals surface area contributed by atoms with Crippen LogP contribution in [-0.4, -0.2) is 11.5 Å². The molecule has 2 nitrogen and oxygen atoms in total. The second-order valence-corrected chi connectivity index (χ2v) is 5.67. The van der Waals surface area contributed by atoms with Crippen LogP contribution in [0.4, 0.5) is 0 Å². The van der Waals surface area contributed by atoms with Crippen LogP contribution in [0.1, 0.15) is 29.0 Å². The zero-order valence-corrected chi connectivity index (χ0v) is 12.2. The summed E-state index contributed by atoms with van der Waals surface area (Å²) in [5.74, 6) is 0. The highest BCUT2D eigenvalue weighted by Gasteiger charge is 2.13. The SMILES string of the molecule is CCNC(Cc1cncs1)c1ccc(C)c(Cl)c1. The van der Waals surface area contributed by atoms with Crippen LogP contribution in [0, 0.1) is 6.92 Å². The van der Waals surface area contributed by atoms with Crippen LogP contribution in [0.5, 0.6) is 0 Å². The highest BCUT2D eigenvalue weighted by molar-refractivity contribution is 7.09. The Balaban J connectivity index is 2.20. The number of likely N-dealkylation sites (N-methyl/N-ethyl adjacent to an activating group) is 1. The molecule has 4 heteroatoms. The average Bonchev–Trinajstić information content (AvgIpc) is 2.85. The molecule has 18 heavy (non-hydrogen) atoms. The molecule has 0 bridgehead atoms. The normalized spacial score (nSPS) is 12.6. The van der Waals surface area contributed by atoms with E-state index in [2.05, 4.69) is 35.4 Å². The molecule has 1 atom stereocenters. The van der Waals surface area contributed by atoms with Crippen molar-refractivity contribution in [3.05, 3.63) is 50.9 Å². The molecule has 0 aliphatic heterocycles. The number of thiazole rings is 1. The zero-order valence-electron chi connectivity index (χ0n) is 10.6. The number of benzene rings is 1. The molecule has 0 amide bonds. The molecule has 0 fully saturated rings. The molecule has 0 aliphatic carbocycles. The second-order valence-electron chi connectivity index (χ2n) is 4.29. The third-order valence-corrected chi connectivity index (χ3v) is 4.15. The van der Waals surface area contributed by atoms with Gasteiger partial charge in [0.05, 0.1) is 5.51 Å². The summed E-state index contributed by atoms with van der Waals surface area (Å²) in [6.07, 6.45) is 2.89. The summed E-state index contributed by atoms with van der Waals surface area (Å²) < 4.78 is 0. The van der Waals surface area contributed by atoms with Crippen molar-refractivity contribution in [1.82, 2.24) is 10.3 Å². The third-order valence-electron chi connectivity index (χ3n) is 2.94. The topological polar surface area (TPSA) is 24.9 Å². The molecular weight excluding hydrogens is 264 g/mol. The number of hydrogen-bond donors (Lipinski definition) is 1. The van der Waals surface area contributed by atoms with Gasteiger partial charge in [0, 0.05) is 28.6 Å². The first-order valence-electron chi connectivity index (χ1n) is 6.07. The largest absolute Gasteiger partial charge is 0.310 e. The lowest BCUT2D eigenvalue weighted by Gasteiger charge is -2.18. The van der Waals surface area contributed by atoms with Crippen LogP contribution in [0.15, 0.2) is 29.9 Å². The summed E-state index contributed by atoms with van der Waals surface area (Å²) in [7, 11) is 0. The van der Waals surface area contributed by atoms with Crippen molar-refractivity contribution in [3.8, 4) is 0 Å². The third kappa shape index (κ3) is 3.31. The molecule has 2 aromatic rings. The van der Waals surface area contributed by atoms with Crippen molar-refractivity contribution in [2.24, 2.45) is 0 Å². The van der Waals surface area contributed by atoms with Crippen LogP contribution in [0.2, 0.25) is 5.02 Å². The lowest BCUT2D eigenvalue weighted by atomic mass is 10.0.